The molecule has 0 aromatic carbocycles. The third kappa shape index (κ3) is 4.94. The Morgan fingerprint density at radius 3 is 2.65 bits per heavy atom. The maximum Gasteiger partial charge on any atom is 0.0692 e. The van der Waals surface area contributed by atoms with Crippen molar-refractivity contribution in [3.05, 3.63) is 0 Å². The van der Waals surface area contributed by atoms with Crippen molar-refractivity contribution in [1.29, 1.82) is 0 Å². The third-order valence-electron chi connectivity index (χ3n) is 3.81. The highest BCUT2D eigenvalue weighted by molar-refractivity contribution is 4.87. The largest absolute Gasteiger partial charge is 0.380 e. The normalized spacial score (nSPS) is 23.8. The minimum Gasteiger partial charge on any atom is -0.380 e. The lowest BCUT2D eigenvalue weighted by molar-refractivity contribution is -0.0933. The summed E-state index contributed by atoms with van der Waals surface area (Å²) in [4.78, 5) is 0. The standard InChI is InChI=1S/C14H29NO2/c1-4-9-16-11-8-15-13-7-10-17-14(5-2,6-3)12-13/h13,15H,4-12H2,1-3H3. The van der Waals surface area contributed by atoms with Crippen LogP contribution in [0.3, 0.4) is 0 Å². The molecule has 3 nitrogen and oxygen atoms in total. The molecule has 3 heteroatoms. The van der Waals surface area contributed by atoms with Crippen LogP contribution in [0.2, 0.25) is 0 Å². The molecule has 0 bridgehead atoms. The van der Waals surface area contributed by atoms with E-state index in [0.29, 0.717) is 6.04 Å². The van der Waals surface area contributed by atoms with Gasteiger partial charge in [0.15, 0.2) is 0 Å². The molecule has 0 radical (unpaired) electrons. The van der Waals surface area contributed by atoms with Gasteiger partial charge in [0.2, 0.25) is 0 Å². The van der Waals surface area contributed by atoms with E-state index in [2.05, 4.69) is 26.1 Å². The smallest absolute Gasteiger partial charge is 0.0692 e. The number of hydrogen-bond donors (Lipinski definition) is 1. The van der Waals surface area contributed by atoms with Crippen LogP contribution < -0.4 is 5.32 Å². The predicted octanol–water partition coefficient (Wildman–Crippen LogP) is 2.74. The molecule has 0 aliphatic carbocycles. The van der Waals surface area contributed by atoms with Crippen molar-refractivity contribution in [2.75, 3.05) is 26.4 Å². The first-order chi connectivity index (χ1) is 8.26. The number of rotatable bonds is 8. The van der Waals surface area contributed by atoms with Gasteiger partial charge in [-0.2, -0.15) is 0 Å². The van der Waals surface area contributed by atoms with Gasteiger partial charge in [-0.05, 0) is 32.1 Å². The van der Waals surface area contributed by atoms with Crippen molar-refractivity contribution in [2.24, 2.45) is 0 Å². The maximum absolute atomic E-state index is 5.97. The number of ether oxygens (including phenoxy) is 2. The predicted molar refractivity (Wildman–Crippen MR) is 71.4 cm³/mol. The Kier molecular flexibility index (Phi) is 7.09. The number of nitrogens with one attached hydrogen (secondary N) is 1. The molecule has 1 heterocycles. The minimum absolute atomic E-state index is 0.125. The lowest BCUT2D eigenvalue weighted by Gasteiger charge is -2.40. The zero-order chi connectivity index (χ0) is 12.6. The van der Waals surface area contributed by atoms with E-state index in [-0.39, 0.29) is 5.60 Å². The summed E-state index contributed by atoms with van der Waals surface area (Å²) in [7, 11) is 0. The Morgan fingerprint density at radius 2 is 2.00 bits per heavy atom. The Bertz CT molecular complexity index is 193. The van der Waals surface area contributed by atoms with Gasteiger partial charge >= 0.3 is 0 Å². The van der Waals surface area contributed by atoms with Gasteiger partial charge in [-0.15, -0.1) is 0 Å². The van der Waals surface area contributed by atoms with E-state index < -0.39 is 0 Å². The zero-order valence-electron chi connectivity index (χ0n) is 11.8. The molecule has 1 unspecified atom stereocenters. The van der Waals surface area contributed by atoms with Gasteiger partial charge in [0.1, 0.15) is 0 Å². The molecular weight excluding hydrogens is 214 g/mol. The summed E-state index contributed by atoms with van der Waals surface area (Å²) in [6.45, 7) is 10.2. The summed E-state index contributed by atoms with van der Waals surface area (Å²) in [5.74, 6) is 0. The van der Waals surface area contributed by atoms with Gasteiger partial charge in [-0.25, -0.2) is 0 Å². The summed E-state index contributed by atoms with van der Waals surface area (Å²) in [6.07, 6.45) is 5.62. The molecule has 0 spiro atoms. The molecule has 1 saturated heterocycles. The number of hydrogen-bond acceptors (Lipinski definition) is 3. The molecule has 1 aliphatic rings. The minimum atomic E-state index is 0.125. The summed E-state index contributed by atoms with van der Waals surface area (Å²) < 4.78 is 11.5. The van der Waals surface area contributed by atoms with E-state index in [4.69, 9.17) is 9.47 Å². The van der Waals surface area contributed by atoms with Crippen molar-refractivity contribution >= 4 is 0 Å². The van der Waals surface area contributed by atoms with E-state index in [0.717, 1.165) is 58.5 Å². The SMILES string of the molecule is CCCOCCNC1CCOC(CC)(CC)C1. The van der Waals surface area contributed by atoms with Crippen LogP contribution in [-0.2, 0) is 9.47 Å². The Morgan fingerprint density at radius 1 is 1.24 bits per heavy atom. The van der Waals surface area contributed by atoms with Crippen LogP contribution in [-0.4, -0.2) is 38.0 Å². The first-order valence-electron chi connectivity index (χ1n) is 7.21. The van der Waals surface area contributed by atoms with E-state index >= 15 is 0 Å². The fourth-order valence-corrected chi connectivity index (χ4v) is 2.53. The quantitative estimate of drug-likeness (QED) is 0.665. The Labute approximate surface area is 106 Å². The Hall–Kier alpha value is -0.120. The van der Waals surface area contributed by atoms with E-state index in [1.165, 1.54) is 0 Å². The van der Waals surface area contributed by atoms with Gasteiger partial charge in [-0.1, -0.05) is 20.8 Å². The van der Waals surface area contributed by atoms with Crippen molar-refractivity contribution in [2.45, 2.75) is 64.5 Å². The summed E-state index contributed by atoms with van der Waals surface area (Å²) in [5, 5.41) is 3.60. The van der Waals surface area contributed by atoms with Crippen molar-refractivity contribution in [3.8, 4) is 0 Å². The van der Waals surface area contributed by atoms with Crippen LogP contribution in [0.4, 0.5) is 0 Å². The molecular formula is C14H29NO2. The van der Waals surface area contributed by atoms with E-state index in [1.54, 1.807) is 0 Å². The highest BCUT2D eigenvalue weighted by Crippen LogP contribution is 2.31. The van der Waals surface area contributed by atoms with Crippen LogP contribution >= 0.6 is 0 Å². The topological polar surface area (TPSA) is 30.5 Å². The van der Waals surface area contributed by atoms with Gasteiger partial charge in [-0.3, -0.25) is 0 Å². The molecule has 17 heavy (non-hydrogen) atoms. The summed E-state index contributed by atoms with van der Waals surface area (Å²) in [6, 6.07) is 0.605. The van der Waals surface area contributed by atoms with Crippen LogP contribution in [0.5, 0.6) is 0 Å². The molecule has 0 aromatic rings. The second-order valence-corrected chi connectivity index (χ2v) is 4.99. The average Bonchev–Trinajstić information content (AvgIpc) is 2.39. The monoisotopic (exact) mass is 243 g/mol. The van der Waals surface area contributed by atoms with E-state index in [1.807, 2.05) is 0 Å². The van der Waals surface area contributed by atoms with Crippen LogP contribution in [0.25, 0.3) is 0 Å². The molecule has 0 aromatic heterocycles. The van der Waals surface area contributed by atoms with Crippen LogP contribution in [0.15, 0.2) is 0 Å². The van der Waals surface area contributed by atoms with Crippen LogP contribution in [0.1, 0.15) is 52.9 Å². The van der Waals surface area contributed by atoms with Crippen molar-refractivity contribution in [3.63, 3.8) is 0 Å². The summed E-state index contributed by atoms with van der Waals surface area (Å²) >= 11 is 0. The molecule has 1 atom stereocenters. The molecule has 0 saturated carbocycles. The maximum atomic E-state index is 5.97. The van der Waals surface area contributed by atoms with Crippen LogP contribution in [0, 0.1) is 0 Å². The molecule has 1 fully saturated rings. The lowest BCUT2D eigenvalue weighted by Crippen LogP contribution is -2.47. The molecule has 1 aliphatic heterocycles. The van der Waals surface area contributed by atoms with Crippen molar-refractivity contribution in [1.82, 2.24) is 5.32 Å². The van der Waals surface area contributed by atoms with Gasteiger partial charge in [0.25, 0.3) is 0 Å². The van der Waals surface area contributed by atoms with Crippen molar-refractivity contribution < 1.29 is 9.47 Å². The molecule has 0 amide bonds. The van der Waals surface area contributed by atoms with Gasteiger partial charge < -0.3 is 14.8 Å². The summed E-state index contributed by atoms with van der Waals surface area (Å²) in [5.41, 5.74) is 0.125. The highest BCUT2D eigenvalue weighted by atomic mass is 16.5. The fourth-order valence-electron chi connectivity index (χ4n) is 2.53. The molecule has 102 valence electrons. The average molecular weight is 243 g/mol. The Balaban J connectivity index is 2.20. The second kappa shape index (κ2) is 8.06. The third-order valence-corrected chi connectivity index (χ3v) is 3.81. The van der Waals surface area contributed by atoms with Gasteiger partial charge in [0, 0.05) is 25.8 Å². The first kappa shape index (κ1) is 14.9. The zero-order valence-corrected chi connectivity index (χ0v) is 11.8. The molecule has 1 N–H and O–H groups in total. The lowest BCUT2D eigenvalue weighted by atomic mass is 9.86. The second-order valence-electron chi connectivity index (χ2n) is 4.99. The fraction of sp³-hybridized carbons (Fsp3) is 1.00. The first-order valence-corrected chi connectivity index (χ1v) is 7.21. The highest BCUT2D eigenvalue weighted by Gasteiger charge is 2.33. The molecule has 1 rings (SSSR count). The van der Waals surface area contributed by atoms with Gasteiger partial charge in [0.05, 0.1) is 12.2 Å². The van der Waals surface area contributed by atoms with E-state index in [9.17, 15) is 0 Å².